The average Bonchev–Trinajstić information content (AvgIpc) is 2.26. The smallest absolute Gasteiger partial charge is 0.417 e. The highest BCUT2D eigenvalue weighted by Crippen LogP contribution is 2.34. The quantitative estimate of drug-likeness (QED) is 0.447. The molecule has 0 radical (unpaired) electrons. The van der Waals surface area contributed by atoms with E-state index < -0.39 is 17.4 Å². The molecule has 0 bridgehead atoms. The largest absolute Gasteiger partial charge is 0.423 e. The van der Waals surface area contributed by atoms with Gasteiger partial charge in [-0.2, -0.15) is 18.2 Å². The second kappa shape index (κ2) is 4.12. The maximum atomic E-state index is 12.7. The number of fused-ring (bicyclic) bond motifs is 1. The molecule has 0 aliphatic heterocycles. The molecule has 1 aromatic heterocycles. The van der Waals surface area contributed by atoms with Crippen LogP contribution < -0.4 is 5.63 Å². The first-order valence-corrected chi connectivity index (χ1v) is 4.65. The molecule has 0 fully saturated rings. The lowest BCUT2D eigenvalue weighted by Crippen LogP contribution is -2.10. The van der Waals surface area contributed by atoms with Gasteiger partial charge in [0.1, 0.15) is 5.58 Å². The zero-order valence-corrected chi connectivity index (χ0v) is 8.62. The number of aliphatic imine (C=N–C) groups is 1. The molecule has 0 aliphatic carbocycles. The fraction of sp³-hybridized carbons (Fsp3) is 0.0909. The number of isocyanates is 1. The normalized spacial score (nSPS) is 11.3. The second-order valence-corrected chi connectivity index (χ2v) is 3.36. The molecule has 4 nitrogen and oxygen atoms in total. The van der Waals surface area contributed by atoms with E-state index in [2.05, 4.69) is 9.41 Å². The van der Waals surface area contributed by atoms with Gasteiger partial charge in [-0.1, -0.05) is 0 Å². The third kappa shape index (κ3) is 2.16. The summed E-state index contributed by atoms with van der Waals surface area (Å²) >= 11 is 0. The summed E-state index contributed by atoms with van der Waals surface area (Å²) in [6, 6.07) is 3.72. The van der Waals surface area contributed by atoms with Crippen LogP contribution in [0.2, 0.25) is 0 Å². The second-order valence-electron chi connectivity index (χ2n) is 3.36. The van der Waals surface area contributed by atoms with E-state index in [1.54, 1.807) is 0 Å². The van der Waals surface area contributed by atoms with Gasteiger partial charge in [0.2, 0.25) is 6.08 Å². The molecule has 0 amide bonds. The molecule has 0 unspecified atom stereocenters. The average molecular weight is 255 g/mol. The number of benzene rings is 1. The minimum absolute atomic E-state index is 0.0555. The van der Waals surface area contributed by atoms with Gasteiger partial charge in [-0.15, -0.1) is 0 Å². The molecule has 7 heteroatoms. The van der Waals surface area contributed by atoms with E-state index in [1.165, 1.54) is 12.1 Å². The van der Waals surface area contributed by atoms with Crippen LogP contribution in [-0.2, 0) is 11.0 Å². The van der Waals surface area contributed by atoms with Crippen LogP contribution in [0.1, 0.15) is 5.56 Å². The Bertz CT molecular complexity index is 712. The minimum Gasteiger partial charge on any atom is -0.423 e. The van der Waals surface area contributed by atoms with Crippen LogP contribution in [0.15, 0.2) is 38.5 Å². The van der Waals surface area contributed by atoms with E-state index in [4.69, 9.17) is 0 Å². The molecule has 1 heterocycles. The van der Waals surface area contributed by atoms with Crippen molar-refractivity contribution in [2.24, 2.45) is 4.99 Å². The molecule has 18 heavy (non-hydrogen) atoms. The molecule has 1 aromatic carbocycles. The molecule has 0 spiro atoms. The van der Waals surface area contributed by atoms with Gasteiger partial charge in [0.05, 0.1) is 11.3 Å². The molecule has 0 aliphatic rings. The highest BCUT2D eigenvalue weighted by molar-refractivity contribution is 5.83. The molecule has 2 rings (SSSR count). The first kappa shape index (κ1) is 12.1. The van der Waals surface area contributed by atoms with E-state index in [-0.39, 0.29) is 16.7 Å². The lowest BCUT2D eigenvalue weighted by Gasteiger charge is -2.08. The number of alkyl halides is 3. The number of nitrogens with zero attached hydrogens (tertiary/aromatic N) is 1. The van der Waals surface area contributed by atoms with E-state index in [0.29, 0.717) is 6.07 Å². The Morgan fingerprint density at radius 1 is 1.22 bits per heavy atom. The summed E-state index contributed by atoms with van der Waals surface area (Å²) < 4.78 is 42.7. The van der Waals surface area contributed by atoms with Crippen molar-refractivity contribution in [1.82, 2.24) is 0 Å². The van der Waals surface area contributed by atoms with Crippen LogP contribution in [0.5, 0.6) is 0 Å². The van der Waals surface area contributed by atoms with Crippen molar-refractivity contribution in [2.75, 3.05) is 0 Å². The van der Waals surface area contributed by atoms with Crippen LogP contribution in [-0.4, -0.2) is 6.08 Å². The van der Waals surface area contributed by atoms with Gasteiger partial charge in [0.25, 0.3) is 0 Å². The van der Waals surface area contributed by atoms with Gasteiger partial charge in [0, 0.05) is 17.5 Å². The third-order valence-electron chi connectivity index (χ3n) is 2.21. The Kier molecular flexibility index (Phi) is 2.76. The Morgan fingerprint density at radius 3 is 2.56 bits per heavy atom. The molecule has 2 aromatic rings. The number of halogens is 3. The van der Waals surface area contributed by atoms with Gasteiger partial charge in [-0.05, 0) is 12.1 Å². The fourth-order valence-corrected chi connectivity index (χ4v) is 1.51. The third-order valence-corrected chi connectivity index (χ3v) is 2.21. The molecule has 0 N–H and O–H groups in total. The van der Waals surface area contributed by atoms with Crippen LogP contribution in [0.25, 0.3) is 11.0 Å². The monoisotopic (exact) mass is 255 g/mol. The summed E-state index contributed by atoms with van der Waals surface area (Å²) in [5.74, 6) is 0. The van der Waals surface area contributed by atoms with Crippen molar-refractivity contribution in [3.63, 3.8) is 0 Å². The first-order chi connectivity index (χ1) is 8.41. The number of hydrogen-bond donors (Lipinski definition) is 0. The van der Waals surface area contributed by atoms with Gasteiger partial charge in [-0.25, -0.2) is 9.59 Å². The summed E-state index contributed by atoms with van der Waals surface area (Å²) in [6.45, 7) is 0. The molecule has 0 atom stereocenters. The van der Waals surface area contributed by atoms with Crippen LogP contribution in [0.3, 0.4) is 0 Å². The van der Waals surface area contributed by atoms with Crippen molar-refractivity contribution in [2.45, 2.75) is 6.18 Å². The summed E-state index contributed by atoms with van der Waals surface area (Å²) in [5.41, 5.74) is -2.44. The first-order valence-electron chi connectivity index (χ1n) is 4.65. The summed E-state index contributed by atoms with van der Waals surface area (Å²) in [7, 11) is 0. The van der Waals surface area contributed by atoms with E-state index in [0.717, 1.165) is 12.1 Å². The van der Waals surface area contributed by atoms with E-state index >= 15 is 0 Å². The predicted molar refractivity (Wildman–Crippen MR) is 55.3 cm³/mol. The highest BCUT2D eigenvalue weighted by Gasteiger charge is 2.33. The van der Waals surface area contributed by atoms with Crippen molar-refractivity contribution in [1.29, 1.82) is 0 Å². The van der Waals surface area contributed by atoms with E-state index in [9.17, 15) is 22.8 Å². The SMILES string of the molecule is O=C=Nc1ccc2c(C(F)(F)F)cc(=O)oc2c1. The highest BCUT2D eigenvalue weighted by atomic mass is 19.4. The van der Waals surface area contributed by atoms with Gasteiger partial charge in [0.15, 0.2) is 0 Å². The zero-order chi connectivity index (χ0) is 13.3. The predicted octanol–water partition coefficient (Wildman–Crippen LogP) is 2.78. The van der Waals surface area contributed by atoms with E-state index in [1.807, 2.05) is 0 Å². The summed E-state index contributed by atoms with van der Waals surface area (Å²) in [5, 5.41) is -0.271. The Hall–Kier alpha value is -2.40. The van der Waals surface area contributed by atoms with Crippen molar-refractivity contribution >= 4 is 22.7 Å². The standard InChI is InChI=1S/C11H4F3NO3/c12-11(13,14)8-4-10(17)18-9-3-6(15-5-16)1-2-7(8)9/h1-4H. The van der Waals surface area contributed by atoms with Crippen LogP contribution >= 0.6 is 0 Å². The molecule has 0 saturated heterocycles. The minimum atomic E-state index is -4.66. The Labute approximate surface area is 97.4 Å². The van der Waals surface area contributed by atoms with Gasteiger partial charge < -0.3 is 4.42 Å². The molecule has 0 saturated carbocycles. The Balaban J connectivity index is 2.83. The van der Waals surface area contributed by atoms with Crippen LogP contribution in [0.4, 0.5) is 18.9 Å². The lowest BCUT2D eigenvalue weighted by molar-refractivity contribution is -0.136. The maximum absolute atomic E-state index is 12.7. The molecular formula is C11H4F3NO3. The van der Waals surface area contributed by atoms with Crippen molar-refractivity contribution in [3.05, 3.63) is 40.2 Å². The summed E-state index contributed by atoms with van der Waals surface area (Å²) in [6.07, 6.45) is -3.42. The maximum Gasteiger partial charge on any atom is 0.417 e. The van der Waals surface area contributed by atoms with Gasteiger partial charge in [-0.3, -0.25) is 0 Å². The fourth-order valence-electron chi connectivity index (χ4n) is 1.51. The van der Waals surface area contributed by atoms with Crippen molar-refractivity contribution in [3.8, 4) is 0 Å². The molecular weight excluding hydrogens is 251 g/mol. The number of carbonyl (C=O) groups excluding carboxylic acids is 1. The topological polar surface area (TPSA) is 59.6 Å². The Morgan fingerprint density at radius 2 is 1.94 bits per heavy atom. The number of rotatable bonds is 1. The van der Waals surface area contributed by atoms with Crippen molar-refractivity contribution < 1.29 is 22.4 Å². The molecule has 92 valence electrons. The lowest BCUT2D eigenvalue weighted by atomic mass is 10.1. The summed E-state index contributed by atoms with van der Waals surface area (Å²) in [4.78, 5) is 24.3. The zero-order valence-electron chi connectivity index (χ0n) is 8.62. The van der Waals surface area contributed by atoms with Gasteiger partial charge >= 0.3 is 11.8 Å². The number of hydrogen-bond acceptors (Lipinski definition) is 4. The van der Waals surface area contributed by atoms with Crippen LogP contribution in [0, 0.1) is 0 Å².